The Morgan fingerprint density at radius 2 is 1.90 bits per heavy atom. The molecule has 1 aromatic heterocycles. The van der Waals surface area contributed by atoms with Crippen LogP contribution in [0.3, 0.4) is 0 Å². The van der Waals surface area contributed by atoms with Crippen molar-refractivity contribution in [2.45, 2.75) is 25.8 Å². The van der Waals surface area contributed by atoms with E-state index in [-0.39, 0.29) is 5.91 Å². The van der Waals surface area contributed by atoms with Crippen molar-refractivity contribution >= 4 is 5.91 Å². The van der Waals surface area contributed by atoms with E-state index in [0.717, 1.165) is 25.1 Å². The summed E-state index contributed by atoms with van der Waals surface area (Å²) in [6.07, 6.45) is 4.11. The Labute approximate surface area is 125 Å². The van der Waals surface area contributed by atoms with Gasteiger partial charge in [0.1, 0.15) is 5.76 Å². The van der Waals surface area contributed by atoms with Gasteiger partial charge in [-0.05, 0) is 30.5 Å². The molecule has 0 saturated carbocycles. The van der Waals surface area contributed by atoms with Gasteiger partial charge >= 0.3 is 0 Å². The Bertz CT molecular complexity index is 509. The topological polar surface area (TPSA) is 54.3 Å². The number of aryl methyl sites for hydroxylation is 1. The third-order valence-corrected chi connectivity index (χ3v) is 3.22. The Morgan fingerprint density at radius 3 is 2.67 bits per heavy atom. The number of benzene rings is 1. The first-order valence-corrected chi connectivity index (χ1v) is 7.38. The Morgan fingerprint density at radius 1 is 1.05 bits per heavy atom. The average Bonchev–Trinajstić information content (AvgIpc) is 3.02. The van der Waals surface area contributed by atoms with Crippen LogP contribution in [0.5, 0.6) is 0 Å². The number of rotatable bonds is 9. The van der Waals surface area contributed by atoms with Crippen LogP contribution < -0.4 is 10.6 Å². The third kappa shape index (κ3) is 6.27. The number of nitrogens with one attached hydrogen (secondary N) is 2. The van der Waals surface area contributed by atoms with Crippen LogP contribution in [0.4, 0.5) is 0 Å². The number of hydrogen-bond donors (Lipinski definition) is 2. The lowest BCUT2D eigenvalue weighted by Crippen LogP contribution is -2.28. The molecule has 4 nitrogen and oxygen atoms in total. The molecule has 1 heterocycles. The minimum Gasteiger partial charge on any atom is -0.468 e. The van der Waals surface area contributed by atoms with Gasteiger partial charge in [-0.3, -0.25) is 4.79 Å². The molecule has 2 rings (SSSR count). The largest absolute Gasteiger partial charge is 0.468 e. The van der Waals surface area contributed by atoms with E-state index in [4.69, 9.17) is 4.42 Å². The number of furan rings is 1. The van der Waals surface area contributed by atoms with Crippen molar-refractivity contribution in [3.63, 3.8) is 0 Å². The second-order valence-electron chi connectivity index (χ2n) is 4.95. The zero-order valence-corrected chi connectivity index (χ0v) is 12.2. The molecule has 21 heavy (non-hydrogen) atoms. The van der Waals surface area contributed by atoms with Crippen LogP contribution in [-0.4, -0.2) is 19.0 Å². The van der Waals surface area contributed by atoms with Gasteiger partial charge in [0.25, 0.3) is 0 Å². The first-order chi connectivity index (χ1) is 10.3. The van der Waals surface area contributed by atoms with Crippen molar-refractivity contribution in [3.05, 3.63) is 60.1 Å². The summed E-state index contributed by atoms with van der Waals surface area (Å²) in [7, 11) is 0. The van der Waals surface area contributed by atoms with Gasteiger partial charge in [0.2, 0.25) is 5.91 Å². The smallest absolute Gasteiger partial charge is 0.221 e. The minimum absolute atomic E-state index is 0.0926. The maximum atomic E-state index is 11.6. The second-order valence-corrected chi connectivity index (χ2v) is 4.95. The molecule has 0 unspecified atom stereocenters. The van der Waals surface area contributed by atoms with E-state index in [9.17, 15) is 4.79 Å². The van der Waals surface area contributed by atoms with Crippen LogP contribution in [0.1, 0.15) is 24.2 Å². The quantitative estimate of drug-likeness (QED) is 0.696. The number of hydrogen-bond acceptors (Lipinski definition) is 3. The third-order valence-electron chi connectivity index (χ3n) is 3.22. The number of amides is 1. The highest BCUT2D eigenvalue weighted by Gasteiger charge is 2.01. The molecule has 0 fully saturated rings. The van der Waals surface area contributed by atoms with Gasteiger partial charge in [0.05, 0.1) is 12.8 Å². The lowest BCUT2D eigenvalue weighted by atomic mass is 10.1. The number of carbonyl (C=O) groups excluding carboxylic acids is 1. The minimum atomic E-state index is 0.0926. The second kappa shape index (κ2) is 8.97. The Kier molecular flexibility index (Phi) is 6.55. The Balaban J connectivity index is 1.48. The Hall–Kier alpha value is -2.07. The summed E-state index contributed by atoms with van der Waals surface area (Å²) < 4.78 is 5.20. The van der Waals surface area contributed by atoms with Gasteiger partial charge in [-0.1, -0.05) is 30.3 Å². The van der Waals surface area contributed by atoms with Crippen LogP contribution in [0, 0.1) is 0 Å². The van der Waals surface area contributed by atoms with E-state index in [1.807, 2.05) is 30.3 Å². The van der Waals surface area contributed by atoms with Crippen LogP contribution >= 0.6 is 0 Å². The van der Waals surface area contributed by atoms with Crippen molar-refractivity contribution in [1.82, 2.24) is 10.6 Å². The molecule has 0 spiro atoms. The van der Waals surface area contributed by atoms with E-state index >= 15 is 0 Å². The summed E-state index contributed by atoms with van der Waals surface area (Å²) in [5.74, 6) is 0.980. The van der Waals surface area contributed by atoms with Crippen molar-refractivity contribution in [2.24, 2.45) is 0 Å². The summed E-state index contributed by atoms with van der Waals surface area (Å²) >= 11 is 0. The van der Waals surface area contributed by atoms with Crippen molar-refractivity contribution < 1.29 is 9.21 Å². The molecule has 0 radical (unpaired) electrons. The highest BCUT2D eigenvalue weighted by Crippen LogP contribution is 2.01. The molecule has 0 atom stereocenters. The number of carbonyl (C=O) groups is 1. The molecule has 112 valence electrons. The monoisotopic (exact) mass is 286 g/mol. The molecular weight excluding hydrogens is 264 g/mol. The molecule has 1 amide bonds. The molecule has 4 heteroatoms. The van der Waals surface area contributed by atoms with Crippen molar-refractivity contribution in [2.75, 3.05) is 13.1 Å². The molecule has 0 aliphatic carbocycles. The van der Waals surface area contributed by atoms with Gasteiger partial charge < -0.3 is 15.1 Å². The standard InChI is InChI=1S/C17H22N2O2/c20-17(10-12-18-14-16-9-5-13-21-16)19-11-4-8-15-6-2-1-3-7-15/h1-3,5-7,9,13,18H,4,8,10-12,14H2,(H,19,20). The predicted molar refractivity (Wildman–Crippen MR) is 82.8 cm³/mol. The fourth-order valence-electron chi connectivity index (χ4n) is 2.08. The van der Waals surface area contributed by atoms with Gasteiger partial charge in [-0.15, -0.1) is 0 Å². The predicted octanol–water partition coefficient (Wildman–Crippen LogP) is 2.51. The molecule has 0 bridgehead atoms. The normalized spacial score (nSPS) is 10.5. The maximum absolute atomic E-state index is 11.6. The summed E-state index contributed by atoms with van der Waals surface area (Å²) in [5, 5.41) is 6.12. The molecule has 2 N–H and O–H groups in total. The maximum Gasteiger partial charge on any atom is 0.221 e. The van der Waals surface area contributed by atoms with E-state index in [1.54, 1.807) is 6.26 Å². The summed E-state index contributed by atoms with van der Waals surface area (Å²) in [5.41, 5.74) is 1.31. The summed E-state index contributed by atoms with van der Waals surface area (Å²) in [6.45, 7) is 2.05. The molecule has 1 aromatic carbocycles. The zero-order chi connectivity index (χ0) is 14.8. The SMILES string of the molecule is O=C(CCNCc1ccco1)NCCCc1ccccc1. The lowest BCUT2D eigenvalue weighted by Gasteiger charge is -2.06. The summed E-state index contributed by atoms with van der Waals surface area (Å²) in [4.78, 5) is 11.6. The van der Waals surface area contributed by atoms with Gasteiger partial charge in [0.15, 0.2) is 0 Å². The zero-order valence-electron chi connectivity index (χ0n) is 12.2. The molecule has 0 saturated heterocycles. The summed E-state index contributed by atoms with van der Waals surface area (Å²) in [6, 6.07) is 14.1. The molecule has 0 aliphatic rings. The highest BCUT2D eigenvalue weighted by atomic mass is 16.3. The lowest BCUT2D eigenvalue weighted by molar-refractivity contribution is -0.121. The highest BCUT2D eigenvalue weighted by molar-refractivity contribution is 5.75. The van der Waals surface area contributed by atoms with E-state index in [2.05, 4.69) is 22.8 Å². The first-order valence-electron chi connectivity index (χ1n) is 7.38. The van der Waals surface area contributed by atoms with Gasteiger partial charge in [0, 0.05) is 19.5 Å². The van der Waals surface area contributed by atoms with Crippen LogP contribution in [0.15, 0.2) is 53.1 Å². The van der Waals surface area contributed by atoms with Crippen molar-refractivity contribution in [1.29, 1.82) is 0 Å². The van der Waals surface area contributed by atoms with E-state index < -0.39 is 0 Å². The average molecular weight is 286 g/mol. The van der Waals surface area contributed by atoms with E-state index in [0.29, 0.717) is 19.5 Å². The van der Waals surface area contributed by atoms with Crippen LogP contribution in [-0.2, 0) is 17.8 Å². The van der Waals surface area contributed by atoms with E-state index in [1.165, 1.54) is 5.56 Å². The molecular formula is C17H22N2O2. The fourth-order valence-corrected chi connectivity index (χ4v) is 2.08. The molecule has 0 aliphatic heterocycles. The van der Waals surface area contributed by atoms with Gasteiger partial charge in [-0.2, -0.15) is 0 Å². The first kappa shape index (κ1) is 15.3. The van der Waals surface area contributed by atoms with Gasteiger partial charge in [-0.25, -0.2) is 0 Å². The van der Waals surface area contributed by atoms with Crippen LogP contribution in [0.2, 0.25) is 0 Å². The fraction of sp³-hybridized carbons (Fsp3) is 0.353. The molecule has 2 aromatic rings. The van der Waals surface area contributed by atoms with Crippen LogP contribution in [0.25, 0.3) is 0 Å². The van der Waals surface area contributed by atoms with Crippen molar-refractivity contribution in [3.8, 4) is 0 Å².